The first-order valence-corrected chi connectivity index (χ1v) is 9.29. The zero-order valence-electron chi connectivity index (χ0n) is 15.8. The van der Waals surface area contributed by atoms with E-state index < -0.39 is 0 Å². The number of hydrogen-bond acceptors (Lipinski definition) is 4. The molecule has 0 fully saturated rings. The number of nitrogens with one attached hydrogen (secondary N) is 2. The van der Waals surface area contributed by atoms with Gasteiger partial charge in [0.2, 0.25) is 5.91 Å². The van der Waals surface area contributed by atoms with E-state index in [1.165, 1.54) is 0 Å². The topological polar surface area (TPSA) is 89.0 Å². The molecule has 1 unspecified atom stereocenters. The first-order chi connectivity index (χ1) is 13.5. The lowest BCUT2D eigenvalue weighted by atomic mass is 9.87. The number of aromatic amines is 1. The van der Waals surface area contributed by atoms with Gasteiger partial charge >= 0.3 is 0 Å². The van der Waals surface area contributed by atoms with Crippen molar-refractivity contribution in [2.24, 2.45) is 0 Å². The molecule has 1 aliphatic heterocycles. The van der Waals surface area contributed by atoms with E-state index in [4.69, 9.17) is 4.74 Å². The number of carbonyl (C=O) groups excluding carboxylic acids is 1. The van der Waals surface area contributed by atoms with Crippen LogP contribution >= 0.6 is 0 Å². The highest BCUT2D eigenvalue weighted by atomic mass is 16.5. The van der Waals surface area contributed by atoms with Crippen molar-refractivity contribution in [3.05, 3.63) is 75.8 Å². The summed E-state index contributed by atoms with van der Waals surface area (Å²) in [7, 11) is 0. The molecule has 144 valence electrons. The molecule has 2 aromatic heterocycles. The fraction of sp³-hybridized carbons (Fsp3) is 0.286. The maximum atomic E-state index is 12.6. The summed E-state index contributed by atoms with van der Waals surface area (Å²) in [6, 6.07) is 11.4. The Labute approximate surface area is 162 Å². The number of fused-ring (bicyclic) bond motifs is 1. The Morgan fingerprint density at radius 3 is 2.86 bits per heavy atom. The van der Waals surface area contributed by atoms with Crippen LogP contribution in [0.2, 0.25) is 0 Å². The van der Waals surface area contributed by atoms with Crippen molar-refractivity contribution in [1.82, 2.24) is 14.8 Å². The number of ether oxygens (including phenoxy) is 1. The Balaban J connectivity index is 1.65. The number of benzene rings is 1. The van der Waals surface area contributed by atoms with E-state index in [1.54, 1.807) is 17.1 Å². The van der Waals surface area contributed by atoms with Gasteiger partial charge in [0.25, 0.3) is 5.56 Å². The summed E-state index contributed by atoms with van der Waals surface area (Å²) in [6.45, 7) is 4.32. The summed E-state index contributed by atoms with van der Waals surface area (Å²) in [4.78, 5) is 29.0. The number of hydrogen-bond donors (Lipinski definition) is 2. The number of H-pyrrole nitrogens is 1. The van der Waals surface area contributed by atoms with Gasteiger partial charge in [-0.15, -0.1) is 0 Å². The monoisotopic (exact) mass is 378 g/mol. The molecule has 0 spiro atoms. The van der Waals surface area contributed by atoms with Gasteiger partial charge < -0.3 is 10.1 Å². The quantitative estimate of drug-likeness (QED) is 0.713. The lowest BCUT2D eigenvalue weighted by Crippen LogP contribution is -2.27. The van der Waals surface area contributed by atoms with Crippen molar-refractivity contribution in [2.45, 2.75) is 38.8 Å². The average Bonchev–Trinajstić information content (AvgIpc) is 3.03. The van der Waals surface area contributed by atoms with Crippen LogP contribution in [0.15, 0.2) is 53.6 Å². The molecule has 1 amide bonds. The second-order valence-electron chi connectivity index (χ2n) is 7.19. The van der Waals surface area contributed by atoms with Crippen LogP contribution in [0, 0.1) is 0 Å². The van der Waals surface area contributed by atoms with Crippen LogP contribution in [0.5, 0.6) is 5.75 Å². The highest BCUT2D eigenvalue weighted by Gasteiger charge is 2.33. The van der Waals surface area contributed by atoms with Gasteiger partial charge in [-0.3, -0.25) is 24.4 Å². The summed E-state index contributed by atoms with van der Waals surface area (Å²) < 4.78 is 7.59. The van der Waals surface area contributed by atoms with Crippen molar-refractivity contribution < 1.29 is 9.53 Å². The minimum absolute atomic E-state index is 0.0321. The zero-order chi connectivity index (χ0) is 19.7. The Morgan fingerprint density at radius 2 is 2.11 bits per heavy atom. The second-order valence-corrected chi connectivity index (χ2v) is 7.19. The minimum atomic E-state index is -0.311. The number of aromatic nitrogens is 3. The van der Waals surface area contributed by atoms with Gasteiger partial charge in [-0.25, -0.2) is 0 Å². The number of rotatable bonds is 5. The molecule has 0 saturated carbocycles. The molecule has 2 N–H and O–H groups in total. The summed E-state index contributed by atoms with van der Waals surface area (Å²) in [5, 5.41) is 5.69. The van der Waals surface area contributed by atoms with E-state index in [9.17, 15) is 9.59 Å². The predicted octanol–water partition coefficient (Wildman–Crippen LogP) is 3.21. The normalized spacial score (nSPS) is 16.0. The van der Waals surface area contributed by atoms with Crippen LogP contribution in [-0.2, 0) is 11.4 Å². The smallest absolute Gasteiger partial charge is 0.270 e. The van der Waals surface area contributed by atoms with Gasteiger partial charge in [0.15, 0.2) is 0 Å². The number of nitrogens with zero attached hydrogens (tertiary/aromatic N) is 2. The molecule has 0 aliphatic carbocycles. The fourth-order valence-corrected chi connectivity index (χ4v) is 3.53. The summed E-state index contributed by atoms with van der Waals surface area (Å²) in [5.74, 6) is 0.832. The summed E-state index contributed by atoms with van der Waals surface area (Å²) >= 11 is 0. The van der Waals surface area contributed by atoms with Gasteiger partial charge in [-0.1, -0.05) is 18.2 Å². The van der Waals surface area contributed by atoms with Crippen molar-refractivity contribution in [1.29, 1.82) is 0 Å². The zero-order valence-corrected chi connectivity index (χ0v) is 15.8. The van der Waals surface area contributed by atoms with E-state index in [0.29, 0.717) is 23.7 Å². The van der Waals surface area contributed by atoms with Crippen LogP contribution < -0.4 is 15.6 Å². The Hall–Kier alpha value is -3.35. The van der Waals surface area contributed by atoms with Crippen molar-refractivity contribution >= 4 is 11.7 Å². The maximum Gasteiger partial charge on any atom is 0.270 e. The molecule has 7 heteroatoms. The number of amides is 1. The van der Waals surface area contributed by atoms with E-state index in [1.807, 2.05) is 50.2 Å². The maximum absolute atomic E-state index is 12.6. The third-order valence-electron chi connectivity index (χ3n) is 4.86. The lowest BCUT2D eigenvalue weighted by Gasteiger charge is -2.24. The van der Waals surface area contributed by atoms with Crippen LogP contribution in [-0.4, -0.2) is 20.7 Å². The molecule has 1 aliphatic rings. The average molecular weight is 378 g/mol. The van der Waals surface area contributed by atoms with Crippen LogP contribution in [0.3, 0.4) is 0 Å². The van der Waals surface area contributed by atoms with Gasteiger partial charge in [-0.2, -0.15) is 0 Å². The lowest BCUT2D eigenvalue weighted by molar-refractivity contribution is -0.116. The van der Waals surface area contributed by atoms with E-state index in [2.05, 4.69) is 15.4 Å². The Bertz CT molecular complexity index is 1050. The first kappa shape index (κ1) is 18.0. The minimum Gasteiger partial charge on any atom is -0.489 e. The molecular weight excluding hydrogens is 356 g/mol. The molecule has 7 nitrogen and oxygen atoms in total. The Kier molecular flexibility index (Phi) is 4.73. The third kappa shape index (κ3) is 3.43. The number of pyridine rings is 1. The number of carbonyl (C=O) groups is 1. The predicted molar refractivity (Wildman–Crippen MR) is 106 cm³/mol. The van der Waals surface area contributed by atoms with Crippen LogP contribution in [0.4, 0.5) is 5.82 Å². The summed E-state index contributed by atoms with van der Waals surface area (Å²) in [6.07, 6.45) is 3.71. The highest BCUT2D eigenvalue weighted by Crippen LogP contribution is 2.36. The molecule has 1 aromatic carbocycles. The third-order valence-corrected chi connectivity index (χ3v) is 4.86. The molecule has 28 heavy (non-hydrogen) atoms. The van der Waals surface area contributed by atoms with Crippen molar-refractivity contribution in [3.8, 4) is 5.75 Å². The van der Waals surface area contributed by atoms with E-state index >= 15 is 0 Å². The van der Waals surface area contributed by atoms with Gasteiger partial charge in [0.1, 0.15) is 18.2 Å². The van der Waals surface area contributed by atoms with Crippen LogP contribution in [0.25, 0.3) is 0 Å². The molecule has 3 aromatic rings. The second kappa shape index (κ2) is 7.34. The van der Waals surface area contributed by atoms with Crippen molar-refractivity contribution in [3.63, 3.8) is 0 Å². The summed E-state index contributed by atoms with van der Waals surface area (Å²) in [5.41, 5.74) is 2.28. The molecule has 0 bridgehead atoms. The number of anilines is 1. The molecule has 0 radical (unpaired) electrons. The van der Waals surface area contributed by atoms with Crippen molar-refractivity contribution in [2.75, 3.05) is 5.32 Å². The first-order valence-electron chi connectivity index (χ1n) is 9.29. The van der Waals surface area contributed by atoms with Crippen LogP contribution in [0.1, 0.15) is 48.9 Å². The van der Waals surface area contributed by atoms with Gasteiger partial charge in [0, 0.05) is 36.3 Å². The van der Waals surface area contributed by atoms with Gasteiger partial charge in [-0.05, 0) is 37.6 Å². The standard InChI is InChI=1S/C21H22N4O3/c1-13(2)25-20-19(21(27)24-25)17(10-18(26)23-20)15-6-3-7-16(9-15)28-12-14-5-4-8-22-11-14/h3-9,11,13,17H,10,12H2,1-2H3,(H,23,26)(H,24,27). The fourth-order valence-electron chi connectivity index (χ4n) is 3.53. The van der Waals surface area contributed by atoms with E-state index in [0.717, 1.165) is 11.1 Å². The Morgan fingerprint density at radius 1 is 1.25 bits per heavy atom. The molecular formula is C21H22N4O3. The molecule has 0 saturated heterocycles. The van der Waals surface area contributed by atoms with Gasteiger partial charge in [0.05, 0.1) is 5.56 Å². The molecule has 1 atom stereocenters. The molecule has 4 rings (SSSR count). The SMILES string of the molecule is CC(C)n1[nH]c(=O)c2c1NC(=O)CC2c1cccc(OCc2cccnc2)c1. The van der Waals surface area contributed by atoms with E-state index in [-0.39, 0.29) is 29.8 Å². The highest BCUT2D eigenvalue weighted by molar-refractivity contribution is 5.94. The molecule has 3 heterocycles. The largest absolute Gasteiger partial charge is 0.489 e.